The smallest absolute Gasteiger partial charge is 0.252 e. The molecule has 18 heavy (non-hydrogen) atoms. The Kier molecular flexibility index (Phi) is 5.29. The lowest BCUT2D eigenvalue weighted by molar-refractivity contribution is 0.0892. The lowest BCUT2D eigenvalue weighted by atomic mass is 10.1. The van der Waals surface area contributed by atoms with Crippen LogP contribution >= 0.6 is 34.8 Å². The molecule has 0 aliphatic heterocycles. The monoisotopic (exact) mass is 308 g/mol. The topological polar surface area (TPSA) is 32.3 Å². The second-order valence-corrected chi connectivity index (χ2v) is 6.62. The summed E-state index contributed by atoms with van der Waals surface area (Å²) in [6, 6.07) is 7.18. The molecule has 0 unspecified atom stereocenters. The van der Waals surface area contributed by atoms with E-state index >= 15 is 0 Å². The molecule has 1 amide bonds. The number of carbonyl (C=O) groups is 1. The Morgan fingerprint density at radius 1 is 1.22 bits per heavy atom. The number of amides is 1. The number of rotatable bonds is 3. The number of nitrogens with zero attached hydrogens (tertiary/aromatic N) is 1. The number of aryl methyl sites for hydroxylation is 1. The fraction of sp³-hybridized carbons (Fsp3) is 0.417. The summed E-state index contributed by atoms with van der Waals surface area (Å²) < 4.78 is -1.59. The Hall–Kier alpha value is -0.480. The Labute approximate surface area is 122 Å². The fourth-order valence-corrected chi connectivity index (χ4v) is 2.17. The van der Waals surface area contributed by atoms with Crippen molar-refractivity contribution in [2.24, 2.45) is 0 Å². The summed E-state index contributed by atoms with van der Waals surface area (Å²) in [7, 11) is 3.45. The van der Waals surface area contributed by atoms with E-state index in [9.17, 15) is 4.79 Å². The van der Waals surface area contributed by atoms with Crippen LogP contribution in [0.4, 0.5) is 0 Å². The van der Waals surface area contributed by atoms with Crippen LogP contribution in [0.15, 0.2) is 24.3 Å². The van der Waals surface area contributed by atoms with Gasteiger partial charge < -0.3 is 5.32 Å². The lowest BCUT2D eigenvalue weighted by Gasteiger charge is -2.31. The molecule has 1 atom stereocenters. The van der Waals surface area contributed by atoms with Crippen LogP contribution in [-0.2, 0) is 0 Å². The Morgan fingerprint density at radius 2 is 1.72 bits per heavy atom. The molecule has 3 nitrogen and oxygen atoms in total. The molecule has 0 fully saturated rings. The molecule has 0 aromatic heterocycles. The molecule has 1 aromatic carbocycles. The molecule has 100 valence electrons. The van der Waals surface area contributed by atoms with Crippen LogP contribution in [-0.4, -0.2) is 34.9 Å². The van der Waals surface area contributed by atoms with Crippen LogP contribution in [0.5, 0.6) is 0 Å². The zero-order chi connectivity index (χ0) is 13.9. The van der Waals surface area contributed by atoms with Gasteiger partial charge in [-0.2, -0.15) is 0 Å². The minimum atomic E-state index is -1.59. The number of hydrogen-bond donors (Lipinski definition) is 1. The Bertz CT molecular complexity index is 412. The molecule has 0 spiro atoms. The van der Waals surface area contributed by atoms with Gasteiger partial charge in [-0.15, -0.1) is 0 Å². The summed E-state index contributed by atoms with van der Waals surface area (Å²) in [6.07, 6.45) is -0.698. The van der Waals surface area contributed by atoms with Gasteiger partial charge in [0.05, 0.1) is 0 Å². The van der Waals surface area contributed by atoms with Gasteiger partial charge in [-0.25, -0.2) is 0 Å². The summed E-state index contributed by atoms with van der Waals surface area (Å²) in [5.74, 6) is -0.278. The van der Waals surface area contributed by atoms with Crippen LogP contribution in [0.1, 0.15) is 15.9 Å². The summed E-state index contributed by atoms with van der Waals surface area (Å²) >= 11 is 17.5. The van der Waals surface area contributed by atoms with Gasteiger partial charge in [0, 0.05) is 5.56 Å². The van der Waals surface area contributed by atoms with Gasteiger partial charge >= 0.3 is 0 Å². The molecule has 0 bridgehead atoms. The van der Waals surface area contributed by atoms with Crippen molar-refractivity contribution in [1.82, 2.24) is 10.2 Å². The highest BCUT2D eigenvalue weighted by molar-refractivity contribution is 6.68. The van der Waals surface area contributed by atoms with E-state index in [1.54, 1.807) is 31.1 Å². The Balaban J connectivity index is 2.82. The average molecular weight is 310 g/mol. The lowest BCUT2D eigenvalue weighted by Crippen LogP contribution is -2.52. The van der Waals surface area contributed by atoms with Crippen molar-refractivity contribution in [1.29, 1.82) is 0 Å². The summed E-state index contributed by atoms with van der Waals surface area (Å²) in [5.41, 5.74) is 1.61. The number of carbonyl (C=O) groups excluding carboxylic acids is 1. The maximum absolute atomic E-state index is 12.0. The van der Waals surface area contributed by atoms with Crippen molar-refractivity contribution in [3.8, 4) is 0 Å². The van der Waals surface area contributed by atoms with E-state index in [2.05, 4.69) is 5.32 Å². The molecule has 1 rings (SSSR count). The molecule has 1 aromatic rings. The van der Waals surface area contributed by atoms with Gasteiger partial charge in [-0.3, -0.25) is 9.69 Å². The SMILES string of the molecule is Cc1ccc(C(=O)N[C@H](N(C)C)C(Cl)(Cl)Cl)cc1. The second-order valence-electron chi connectivity index (χ2n) is 4.25. The first-order valence-corrected chi connectivity index (χ1v) is 6.46. The molecular weight excluding hydrogens is 295 g/mol. The molecule has 0 heterocycles. The van der Waals surface area contributed by atoms with Crippen molar-refractivity contribution in [3.05, 3.63) is 35.4 Å². The maximum atomic E-state index is 12.0. The number of alkyl halides is 3. The molecule has 0 aliphatic carbocycles. The third kappa shape index (κ3) is 4.32. The molecule has 6 heteroatoms. The Morgan fingerprint density at radius 3 is 2.11 bits per heavy atom. The zero-order valence-corrected chi connectivity index (χ0v) is 12.6. The van der Waals surface area contributed by atoms with Crippen LogP contribution in [0, 0.1) is 6.92 Å². The predicted octanol–water partition coefficient (Wildman–Crippen LogP) is 2.98. The molecule has 1 N–H and O–H groups in total. The normalized spacial score (nSPS) is 13.5. The van der Waals surface area contributed by atoms with Crippen LogP contribution < -0.4 is 5.32 Å². The van der Waals surface area contributed by atoms with E-state index in [0.29, 0.717) is 5.56 Å². The largest absolute Gasteiger partial charge is 0.332 e. The zero-order valence-electron chi connectivity index (χ0n) is 10.4. The van der Waals surface area contributed by atoms with Crippen molar-refractivity contribution in [3.63, 3.8) is 0 Å². The molecular formula is C12H15Cl3N2O. The average Bonchev–Trinajstić information content (AvgIpc) is 2.24. The highest BCUT2D eigenvalue weighted by Crippen LogP contribution is 2.31. The van der Waals surface area contributed by atoms with Gasteiger partial charge in [0.25, 0.3) is 5.91 Å². The van der Waals surface area contributed by atoms with Crippen LogP contribution in [0.2, 0.25) is 0 Å². The maximum Gasteiger partial charge on any atom is 0.252 e. The second kappa shape index (κ2) is 6.11. The number of benzene rings is 1. The standard InChI is InChI=1S/C12H15Cl3N2O/c1-8-4-6-9(7-5-8)10(18)16-11(17(2)3)12(13,14)15/h4-7,11H,1-3H3,(H,16,18)/t11-/m1/s1. The number of halogens is 3. The van der Waals surface area contributed by atoms with Crippen molar-refractivity contribution < 1.29 is 4.79 Å². The first-order chi connectivity index (χ1) is 8.21. The van der Waals surface area contributed by atoms with E-state index in [1.807, 2.05) is 19.1 Å². The van der Waals surface area contributed by atoms with Crippen LogP contribution in [0.25, 0.3) is 0 Å². The quantitative estimate of drug-likeness (QED) is 0.688. The molecule has 0 saturated carbocycles. The van der Waals surface area contributed by atoms with Crippen LogP contribution in [0.3, 0.4) is 0 Å². The minimum Gasteiger partial charge on any atom is -0.332 e. The van der Waals surface area contributed by atoms with Gasteiger partial charge in [-0.05, 0) is 33.2 Å². The summed E-state index contributed by atoms with van der Waals surface area (Å²) in [4.78, 5) is 13.6. The van der Waals surface area contributed by atoms with E-state index in [-0.39, 0.29) is 5.91 Å². The van der Waals surface area contributed by atoms with Gasteiger partial charge in [0.2, 0.25) is 3.79 Å². The third-order valence-electron chi connectivity index (χ3n) is 2.41. The number of hydrogen-bond acceptors (Lipinski definition) is 2. The van der Waals surface area contributed by atoms with Gasteiger partial charge in [-0.1, -0.05) is 52.5 Å². The summed E-state index contributed by atoms with van der Waals surface area (Å²) in [6.45, 7) is 1.95. The predicted molar refractivity (Wildman–Crippen MR) is 76.4 cm³/mol. The van der Waals surface area contributed by atoms with Crippen molar-refractivity contribution >= 4 is 40.7 Å². The van der Waals surface area contributed by atoms with E-state index in [4.69, 9.17) is 34.8 Å². The molecule has 0 aliphatic rings. The highest BCUT2D eigenvalue weighted by Gasteiger charge is 2.35. The van der Waals surface area contributed by atoms with Crippen molar-refractivity contribution in [2.45, 2.75) is 16.9 Å². The van der Waals surface area contributed by atoms with Gasteiger partial charge in [0.1, 0.15) is 6.17 Å². The minimum absolute atomic E-state index is 0.278. The number of nitrogens with one attached hydrogen (secondary N) is 1. The third-order valence-corrected chi connectivity index (χ3v) is 3.03. The highest BCUT2D eigenvalue weighted by atomic mass is 35.6. The fourth-order valence-electron chi connectivity index (χ4n) is 1.42. The first kappa shape index (κ1) is 15.6. The van der Waals surface area contributed by atoms with E-state index < -0.39 is 9.96 Å². The molecule has 0 radical (unpaired) electrons. The van der Waals surface area contributed by atoms with E-state index in [1.165, 1.54) is 0 Å². The first-order valence-electron chi connectivity index (χ1n) is 5.32. The van der Waals surface area contributed by atoms with Crippen molar-refractivity contribution in [2.75, 3.05) is 14.1 Å². The molecule has 0 saturated heterocycles. The van der Waals surface area contributed by atoms with Gasteiger partial charge in [0.15, 0.2) is 0 Å². The summed E-state index contributed by atoms with van der Waals surface area (Å²) in [5, 5.41) is 2.68. The van der Waals surface area contributed by atoms with E-state index in [0.717, 1.165) is 5.56 Å².